The highest BCUT2D eigenvalue weighted by atomic mass is 127. The molecule has 0 atom stereocenters. The van der Waals surface area contributed by atoms with Crippen molar-refractivity contribution in [1.29, 1.82) is 0 Å². The Morgan fingerprint density at radius 2 is 1.89 bits per heavy atom. The molecule has 0 unspecified atom stereocenters. The molecule has 96 valence electrons. The smallest absolute Gasteiger partial charge is 0.0883 e. The Labute approximate surface area is 130 Å². The Bertz CT molecular complexity index is 719. The van der Waals surface area contributed by atoms with E-state index in [1.807, 2.05) is 6.20 Å². The summed E-state index contributed by atoms with van der Waals surface area (Å²) in [5.41, 5.74) is 2.47. The summed E-state index contributed by atoms with van der Waals surface area (Å²) in [6.45, 7) is 4.48. The number of thiophene rings is 1. The van der Waals surface area contributed by atoms with E-state index < -0.39 is 0 Å². The molecule has 3 aromatic rings. The summed E-state index contributed by atoms with van der Waals surface area (Å²) in [6, 6.07) is 12.7. The molecule has 0 fully saturated rings. The predicted molar refractivity (Wildman–Crippen MR) is 92.1 cm³/mol. The molecule has 0 aliphatic carbocycles. The molecule has 2 heterocycles. The van der Waals surface area contributed by atoms with E-state index in [0.717, 1.165) is 5.69 Å². The first-order chi connectivity index (χ1) is 9.07. The van der Waals surface area contributed by atoms with Gasteiger partial charge in [-0.3, -0.25) is 4.98 Å². The summed E-state index contributed by atoms with van der Waals surface area (Å²) in [7, 11) is 0. The lowest BCUT2D eigenvalue weighted by molar-refractivity contribution is 0.833. The van der Waals surface area contributed by atoms with E-state index in [-0.39, 0.29) is 3.42 Å². The van der Waals surface area contributed by atoms with Crippen LogP contribution in [0.3, 0.4) is 0 Å². The molecule has 1 nitrogen and oxygen atoms in total. The molecule has 0 saturated heterocycles. The molecule has 0 N–H and O–H groups in total. The van der Waals surface area contributed by atoms with Gasteiger partial charge >= 0.3 is 0 Å². The Morgan fingerprint density at radius 3 is 2.68 bits per heavy atom. The Morgan fingerprint density at radius 1 is 1.11 bits per heavy atom. The summed E-state index contributed by atoms with van der Waals surface area (Å²) >= 11 is 4.27. The van der Waals surface area contributed by atoms with Crippen molar-refractivity contribution < 1.29 is 0 Å². The second kappa shape index (κ2) is 4.87. The van der Waals surface area contributed by atoms with Crippen LogP contribution < -0.4 is 0 Å². The predicted octanol–water partition coefficient (Wildman–Crippen LogP) is 5.63. The van der Waals surface area contributed by atoms with E-state index in [4.69, 9.17) is 0 Å². The fourth-order valence-corrected chi connectivity index (χ4v) is 3.96. The number of fused-ring (bicyclic) bond motifs is 1. The summed E-state index contributed by atoms with van der Waals surface area (Å²) in [5, 5.41) is 4.64. The van der Waals surface area contributed by atoms with Gasteiger partial charge in [0.15, 0.2) is 0 Å². The van der Waals surface area contributed by atoms with E-state index in [9.17, 15) is 0 Å². The molecule has 0 amide bonds. The highest BCUT2D eigenvalue weighted by molar-refractivity contribution is 14.1. The number of alkyl halides is 1. The number of pyridine rings is 1. The standard InChI is InChI=1S/C16H14INS/c1-16(2,17)13-8-10-19-15(13)14-12-6-4-3-5-11(12)7-9-18-14/h3-10H,1-2H3. The number of halogens is 1. The number of hydrogen-bond acceptors (Lipinski definition) is 2. The van der Waals surface area contributed by atoms with Crippen LogP contribution in [0.5, 0.6) is 0 Å². The van der Waals surface area contributed by atoms with Crippen LogP contribution in [-0.4, -0.2) is 4.98 Å². The zero-order chi connectivity index (χ0) is 13.5. The van der Waals surface area contributed by atoms with Gasteiger partial charge in [0.1, 0.15) is 0 Å². The quantitative estimate of drug-likeness (QED) is 0.415. The topological polar surface area (TPSA) is 12.9 Å². The van der Waals surface area contributed by atoms with Gasteiger partial charge in [0.2, 0.25) is 0 Å². The van der Waals surface area contributed by atoms with Gasteiger partial charge in [-0.25, -0.2) is 0 Å². The maximum absolute atomic E-state index is 4.63. The average molecular weight is 379 g/mol. The van der Waals surface area contributed by atoms with Crippen molar-refractivity contribution >= 4 is 44.7 Å². The minimum atomic E-state index is 0.117. The summed E-state index contributed by atoms with van der Waals surface area (Å²) in [6.07, 6.45) is 1.90. The van der Waals surface area contributed by atoms with Crippen molar-refractivity contribution in [2.75, 3.05) is 0 Å². The summed E-state index contributed by atoms with van der Waals surface area (Å²) in [4.78, 5) is 5.92. The Balaban J connectivity index is 2.29. The minimum absolute atomic E-state index is 0.117. The van der Waals surface area contributed by atoms with Gasteiger partial charge in [-0.2, -0.15) is 0 Å². The van der Waals surface area contributed by atoms with Crippen LogP contribution in [0.2, 0.25) is 0 Å². The molecule has 1 aromatic carbocycles. The molecule has 0 aliphatic rings. The van der Waals surface area contributed by atoms with Crippen molar-refractivity contribution in [2.45, 2.75) is 17.3 Å². The van der Waals surface area contributed by atoms with Crippen LogP contribution in [-0.2, 0) is 3.42 Å². The van der Waals surface area contributed by atoms with Crippen LogP contribution in [0.4, 0.5) is 0 Å². The maximum atomic E-state index is 4.63. The number of benzene rings is 1. The first kappa shape index (κ1) is 13.1. The third-order valence-corrected chi connectivity index (χ3v) is 4.70. The molecule has 19 heavy (non-hydrogen) atoms. The van der Waals surface area contributed by atoms with E-state index in [1.54, 1.807) is 11.3 Å². The fraction of sp³-hybridized carbons (Fsp3) is 0.188. The molecule has 0 saturated carbocycles. The molecular formula is C16H14INS. The second-order valence-electron chi connectivity index (χ2n) is 5.02. The highest BCUT2D eigenvalue weighted by Crippen LogP contribution is 2.42. The van der Waals surface area contributed by atoms with Gasteiger partial charge < -0.3 is 0 Å². The number of aromatic nitrogens is 1. The SMILES string of the molecule is CC(C)(I)c1ccsc1-c1nccc2ccccc12. The Kier molecular flexibility index (Phi) is 3.35. The monoisotopic (exact) mass is 379 g/mol. The lowest BCUT2D eigenvalue weighted by Gasteiger charge is -2.17. The molecule has 3 rings (SSSR count). The van der Waals surface area contributed by atoms with Crippen molar-refractivity contribution in [3.8, 4) is 10.6 Å². The fourth-order valence-electron chi connectivity index (χ4n) is 2.26. The van der Waals surface area contributed by atoms with E-state index in [0.29, 0.717) is 0 Å². The first-order valence-corrected chi connectivity index (χ1v) is 8.14. The van der Waals surface area contributed by atoms with Gasteiger partial charge in [0.05, 0.1) is 10.6 Å². The number of rotatable bonds is 2. The van der Waals surface area contributed by atoms with E-state index in [1.165, 1.54) is 21.2 Å². The third-order valence-electron chi connectivity index (χ3n) is 3.19. The van der Waals surface area contributed by atoms with E-state index >= 15 is 0 Å². The second-order valence-corrected chi connectivity index (χ2v) is 8.63. The van der Waals surface area contributed by atoms with Crippen molar-refractivity contribution in [2.24, 2.45) is 0 Å². The van der Waals surface area contributed by atoms with Crippen LogP contribution >= 0.6 is 33.9 Å². The summed E-state index contributed by atoms with van der Waals surface area (Å²) in [5.74, 6) is 0. The number of hydrogen-bond donors (Lipinski definition) is 0. The van der Waals surface area contributed by atoms with Crippen LogP contribution in [0, 0.1) is 0 Å². The van der Waals surface area contributed by atoms with Crippen LogP contribution in [0.15, 0.2) is 48.0 Å². The van der Waals surface area contributed by atoms with E-state index in [2.05, 4.69) is 83.2 Å². The molecule has 0 radical (unpaired) electrons. The van der Waals surface area contributed by atoms with Crippen LogP contribution in [0.1, 0.15) is 19.4 Å². The molecule has 0 bridgehead atoms. The Hall–Kier alpha value is -0.940. The molecule has 3 heteroatoms. The maximum Gasteiger partial charge on any atom is 0.0883 e. The highest BCUT2D eigenvalue weighted by Gasteiger charge is 2.23. The summed E-state index contributed by atoms with van der Waals surface area (Å²) < 4.78 is 0.117. The molecular weight excluding hydrogens is 365 g/mol. The van der Waals surface area contributed by atoms with Gasteiger partial charge in [0, 0.05) is 15.0 Å². The third kappa shape index (κ3) is 2.41. The normalized spacial score (nSPS) is 11.9. The molecule has 0 spiro atoms. The zero-order valence-electron chi connectivity index (χ0n) is 10.9. The van der Waals surface area contributed by atoms with Gasteiger partial charge in [-0.15, -0.1) is 11.3 Å². The number of nitrogens with zero attached hydrogens (tertiary/aromatic N) is 1. The first-order valence-electron chi connectivity index (χ1n) is 6.18. The van der Waals surface area contributed by atoms with Gasteiger partial charge in [0.25, 0.3) is 0 Å². The van der Waals surface area contributed by atoms with Crippen molar-refractivity contribution in [3.63, 3.8) is 0 Å². The van der Waals surface area contributed by atoms with Gasteiger partial charge in [-0.05, 0) is 42.3 Å². The van der Waals surface area contributed by atoms with Crippen molar-refractivity contribution in [3.05, 3.63) is 53.5 Å². The molecule has 2 aromatic heterocycles. The molecule has 0 aliphatic heterocycles. The average Bonchev–Trinajstić information content (AvgIpc) is 2.87. The lowest BCUT2D eigenvalue weighted by atomic mass is 10.0. The zero-order valence-corrected chi connectivity index (χ0v) is 13.8. The lowest BCUT2D eigenvalue weighted by Crippen LogP contribution is -2.06. The van der Waals surface area contributed by atoms with Crippen LogP contribution in [0.25, 0.3) is 21.3 Å². The minimum Gasteiger partial charge on any atom is -0.255 e. The largest absolute Gasteiger partial charge is 0.255 e. The van der Waals surface area contributed by atoms with Crippen molar-refractivity contribution in [1.82, 2.24) is 4.98 Å². The van der Waals surface area contributed by atoms with Gasteiger partial charge in [-0.1, -0.05) is 46.9 Å².